The zero-order valence-electron chi connectivity index (χ0n) is 11.0. The minimum atomic E-state index is 0.483. The molecule has 5 heteroatoms. The lowest BCUT2D eigenvalue weighted by molar-refractivity contribution is 1.10. The van der Waals surface area contributed by atoms with Gasteiger partial charge in [0, 0.05) is 16.3 Å². The summed E-state index contributed by atoms with van der Waals surface area (Å²) in [6, 6.07) is 19.0. The molecule has 0 aliphatic carbocycles. The van der Waals surface area contributed by atoms with Crippen LogP contribution in [0.4, 0.5) is 11.5 Å². The van der Waals surface area contributed by atoms with Gasteiger partial charge in [-0.3, -0.25) is 5.10 Å². The standard InChI is InChI=1S/C16H11ClN4/c17-12-6-8-13(9-7-12)19-16-14(10-18)15(20-21-16)11-4-2-1-3-5-11/h1-9H,(H2,19,20,21). The average molecular weight is 295 g/mol. The van der Waals surface area contributed by atoms with Crippen LogP contribution in [0.5, 0.6) is 0 Å². The summed E-state index contributed by atoms with van der Waals surface area (Å²) in [6.45, 7) is 0. The van der Waals surface area contributed by atoms with Gasteiger partial charge in [-0.15, -0.1) is 0 Å². The lowest BCUT2D eigenvalue weighted by Crippen LogP contribution is -1.92. The summed E-state index contributed by atoms with van der Waals surface area (Å²) < 4.78 is 0. The number of hydrogen-bond donors (Lipinski definition) is 2. The number of hydrogen-bond acceptors (Lipinski definition) is 3. The van der Waals surface area contributed by atoms with Crippen molar-refractivity contribution >= 4 is 23.1 Å². The fourth-order valence-corrected chi connectivity index (χ4v) is 2.15. The highest BCUT2D eigenvalue weighted by atomic mass is 35.5. The number of nitrogens with one attached hydrogen (secondary N) is 2. The minimum absolute atomic E-state index is 0.483. The van der Waals surface area contributed by atoms with Crippen LogP contribution in [0, 0.1) is 11.3 Å². The summed E-state index contributed by atoms with van der Waals surface area (Å²) >= 11 is 5.86. The first-order valence-electron chi connectivity index (χ1n) is 6.34. The molecule has 102 valence electrons. The first-order valence-corrected chi connectivity index (χ1v) is 6.72. The first kappa shape index (κ1) is 13.2. The van der Waals surface area contributed by atoms with Crippen molar-refractivity contribution in [3.05, 3.63) is 65.2 Å². The quantitative estimate of drug-likeness (QED) is 0.755. The summed E-state index contributed by atoms with van der Waals surface area (Å²) in [4.78, 5) is 0. The van der Waals surface area contributed by atoms with E-state index in [4.69, 9.17) is 11.6 Å². The first-order chi connectivity index (χ1) is 10.3. The van der Waals surface area contributed by atoms with E-state index in [1.54, 1.807) is 12.1 Å². The highest BCUT2D eigenvalue weighted by Crippen LogP contribution is 2.28. The minimum Gasteiger partial charge on any atom is -0.338 e. The molecule has 4 nitrogen and oxygen atoms in total. The van der Waals surface area contributed by atoms with Crippen molar-refractivity contribution in [1.29, 1.82) is 5.26 Å². The van der Waals surface area contributed by atoms with Crippen LogP contribution >= 0.6 is 11.6 Å². The van der Waals surface area contributed by atoms with Crippen molar-refractivity contribution in [2.24, 2.45) is 0 Å². The van der Waals surface area contributed by atoms with Crippen molar-refractivity contribution in [3.63, 3.8) is 0 Å². The second-order valence-electron chi connectivity index (χ2n) is 4.43. The SMILES string of the molecule is N#Cc1c(Nc2ccc(Cl)cc2)n[nH]c1-c1ccccc1. The fourth-order valence-electron chi connectivity index (χ4n) is 2.02. The maximum atomic E-state index is 9.40. The molecule has 0 unspecified atom stereocenters. The molecule has 0 radical (unpaired) electrons. The van der Waals surface area contributed by atoms with Gasteiger partial charge in [-0.05, 0) is 24.3 Å². The topological polar surface area (TPSA) is 64.5 Å². The number of aromatic amines is 1. The van der Waals surface area contributed by atoms with Crippen LogP contribution in [-0.4, -0.2) is 10.2 Å². The van der Waals surface area contributed by atoms with Crippen molar-refractivity contribution in [2.45, 2.75) is 0 Å². The van der Waals surface area contributed by atoms with Crippen molar-refractivity contribution < 1.29 is 0 Å². The highest BCUT2D eigenvalue weighted by molar-refractivity contribution is 6.30. The number of halogens is 1. The van der Waals surface area contributed by atoms with Crippen molar-refractivity contribution in [2.75, 3.05) is 5.32 Å². The molecule has 3 aromatic rings. The average Bonchev–Trinajstić information content (AvgIpc) is 2.93. The predicted octanol–water partition coefficient (Wildman–Crippen LogP) is 4.35. The van der Waals surface area contributed by atoms with E-state index in [1.165, 1.54) is 0 Å². The van der Waals surface area contributed by atoms with Crippen LogP contribution in [0.2, 0.25) is 5.02 Å². The highest BCUT2D eigenvalue weighted by Gasteiger charge is 2.14. The van der Waals surface area contributed by atoms with Crippen molar-refractivity contribution in [1.82, 2.24) is 10.2 Å². The molecular formula is C16H11ClN4. The molecule has 0 spiro atoms. The van der Waals surface area contributed by atoms with Crippen LogP contribution in [0.15, 0.2) is 54.6 Å². The van der Waals surface area contributed by atoms with Gasteiger partial charge in [0.25, 0.3) is 0 Å². The molecule has 0 amide bonds. The Morgan fingerprint density at radius 1 is 1.05 bits per heavy atom. The third-order valence-corrected chi connectivity index (χ3v) is 3.30. The second kappa shape index (κ2) is 5.70. The Morgan fingerprint density at radius 2 is 1.76 bits per heavy atom. The molecule has 3 rings (SSSR count). The summed E-state index contributed by atoms with van der Waals surface area (Å²) in [5.74, 6) is 0.499. The maximum absolute atomic E-state index is 9.40. The Bertz CT molecular complexity index is 785. The van der Waals surface area contributed by atoms with E-state index >= 15 is 0 Å². The third kappa shape index (κ3) is 2.73. The van der Waals surface area contributed by atoms with Gasteiger partial charge in [0.2, 0.25) is 0 Å². The Hall–Kier alpha value is -2.77. The van der Waals surface area contributed by atoms with Gasteiger partial charge in [-0.2, -0.15) is 10.4 Å². The predicted molar refractivity (Wildman–Crippen MR) is 83.5 cm³/mol. The van der Waals surface area contributed by atoms with Gasteiger partial charge in [0.05, 0.1) is 5.69 Å². The van der Waals surface area contributed by atoms with Gasteiger partial charge in [-0.1, -0.05) is 41.9 Å². The van der Waals surface area contributed by atoms with Gasteiger partial charge >= 0.3 is 0 Å². The second-order valence-corrected chi connectivity index (χ2v) is 4.87. The number of nitrogens with zero attached hydrogens (tertiary/aromatic N) is 2. The molecule has 0 saturated heterocycles. The lowest BCUT2D eigenvalue weighted by atomic mass is 10.1. The Kier molecular flexibility index (Phi) is 3.59. The van der Waals surface area contributed by atoms with E-state index in [0.717, 1.165) is 11.3 Å². The Labute approximate surface area is 127 Å². The Morgan fingerprint density at radius 3 is 2.43 bits per heavy atom. The van der Waals surface area contributed by atoms with Crippen LogP contribution in [-0.2, 0) is 0 Å². The molecule has 0 fully saturated rings. The fraction of sp³-hybridized carbons (Fsp3) is 0. The molecule has 0 aliphatic heterocycles. The van der Waals surface area contributed by atoms with E-state index in [0.29, 0.717) is 22.1 Å². The van der Waals surface area contributed by atoms with Crippen LogP contribution < -0.4 is 5.32 Å². The summed E-state index contributed by atoms with van der Waals surface area (Å²) in [7, 11) is 0. The van der Waals surface area contributed by atoms with Crippen LogP contribution in [0.3, 0.4) is 0 Å². The number of benzene rings is 2. The number of H-pyrrole nitrogens is 1. The van der Waals surface area contributed by atoms with E-state index in [9.17, 15) is 5.26 Å². The molecule has 0 atom stereocenters. The molecule has 2 N–H and O–H groups in total. The summed E-state index contributed by atoms with van der Waals surface area (Å²) in [6.07, 6.45) is 0. The van der Waals surface area contributed by atoms with E-state index in [2.05, 4.69) is 21.6 Å². The maximum Gasteiger partial charge on any atom is 0.170 e. The lowest BCUT2D eigenvalue weighted by Gasteiger charge is -2.03. The number of rotatable bonds is 3. The largest absolute Gasteiger partial charge is 0.338 e. The van der Waals surface area contributed by atoms with Gasteiger partial charge in [0.15, 0.2) is 5.82 Å². The summed E-state index contributed by atoms with van der Waals surface area (Å²) in [5, 5.41) is 20.3. The van der Waals surface area contributed by atoms with Crippen LogP contribution in [0.25, 0.3) is 11.3 Å². The number of aromatic nitrogens is 2. The number of nitriles is 1. The summed E-state index contributed by atoms with van der Waals surface area (Å²) in [5.41, 5.74) is 2.93. The normalized spacial score (nSPS) is 10.1. The molecule has 0 aliphatic rings. The van der Waals surface area contributed by atoms with E-state index < -0.39 is 0 Å². The van der Waals surface area contributed by atoms with Gasteiger partial charge in [-0.25, -0.2) is 0 Å². The zero-order chi connectivity index (χ0) is 14.7. The Balaban J connectivity index is 1.96. The monoisotopic (exact) mass is 294 g/mol. The molecule has 1 heterocycles. The van der Waals surface area contributed by atoms with E-state index in [1.807, 2.05) is 42.5 Å². The molecule has 0 bridgehead atoms. The van der Waals surface area contributed by atoms with Crippen LogP contribution in [0.1, 0.15) is 5.56 Å². The number of anilines is 2. The van der Waals surface area contributed by atoms with Crippen molar-refractivity contribution in [3.8, 4) is 17.3 Å². The van der Waals surface area contributed by atoms with E-state index in [-0.39, 0.29) is 0 Å². The molecule has 1 aromatic heterocycles. The zero-order valence-corrected chi connectivity index (χ0v) is 11.7. The van der Waals surface area contributed by atoms with Gasteiger partial charge < -0.3 is 5.32 Å². The smallest absolute Gasteiger partial charge is 0.170 e. The third-order valence-electron chi connectivity index (χ3n) is 3.05. The van der Waals surface area contributed by atoms with Gasteiger partial charge in [0.1, 0.15) is 11.6 Å². The molecular weight excluding hydrogens is 284 g/mol. The molecule has 21 heavy (non-hydrogen) atoms. The molecule has 2 aromatic carbocycles. The molecule has 0 saturated carbocycles.